The number of nitrogens with one attached hydrogen (secondary N) is 2. The van der Waals surface area contributed by atoms with Crippen LogP contribution < -0.4 is 10.6 Å². The zero-order valence-electron chi connectivity index (χ0n) is 15.9. The minimum Gasteiger partial charge on any atom is -0.356 e. The Balaban J connectivity index is 1.74. The van der Waals surface area contributed by atoms with Crippen LogP contribution in [-0.4, -0.2) is 34.7 Å². The summed E-state index contributed by atoms with van der Waals surface area (Å²) in [6.07, 6.45) is 1.94. The van der Waals surface area contributed by atoms with Crippen molar-refractivity contribution in [2.75, 3.05) is 13.1 Å². The molecule has 0 aliphatic carbocycles. The molecule has 0 saturated heterocycles. The summed E-state index contributed by atoms with van der Waals surface area (Å²) in [6.45, 7) is 4.93. The van der Waals surface area contributed by atoms with Gasteiger partial charge in [-0.3, -0.25) is 9.59 Å². The zero-order chi connectivity index (χ0) is 20.1. The first-order chi connectivity index (χ1) is 13.5. The largest absolute Gasteiger partial charge is 0.356 e. The highest BCUT2D eigenvalue weighted by molar-refractivity contribution is 7.20. The molecule has 0 aliphatic rings. The molecule has 3 rings (SSSR count). The number of benzene rings is 1. The van der Waals surface area contributed by atoms with Gasteiger partial charge in [-0.05, 0) is 37.1 Å². The van der Waals surface area contributed by atoms with Crippen LogP contribution in [0.1, 0.15) is 42.1 Å². The number of thiophene rings is 1. The van der Waals surface area contributed by atoms with Gasteiger partial charge in [0.05, 0.1) is 16.3 Å². The molecule has 2 heterocycles. The summed E-state index contributed by atoms with van der Waals surface area (Å²) in [5.41, 5.74) is 1.82. The number of hydrogen-bond acceptors (Lipinski definition) is 4. The van der Waals surface area contributed by atoms with E-state index in [-0.39, 0.29) is 11.8 Å². The van der Waals surface area contributed by atoms with Crippen LogP contribution in [0.3, 0.4) is 0 Å². The van der Waals surface area contributed by atoms with Gasteiger partial charge in [-0.2, -0.15) is 5.10 Å². The Morgan fingerprint density at radius 3 is 2.68 bits per heavy atom. The first-order valence-electron chi connectivity index (χ1n) is 9.35. The standard InChI is InChI=1S/C20H23ClN4O2S/c1-3-16-15-12-17(19(27)23-10-6-9-22-18(26)4-2)28-20(15)25(24-16)14-8-5-7-13(21)11-14/h5,7-8,11-12H,3-4,6,9-10H2,1-2H3,(H,22,26)(H,23,27). The van der Waals surface area contributed by atoms with Crippen LogP contribution in [0.2, 0.25) is 5.02 Å². The Bertz CT molecular complexity index is 995. The maximum atomic E-state index is 12.5. The average Bonchev–Trinajstić information content (AvgIpc) is 3.26. The van der Waals surface area contributed by atoms with E-state index in [9.17, 15) is 9.59 Å². The summed E-state index contributed by atoms with van der Waals surface area (Å²) >= 11 is 7.54. The maximum absolute atomic E-state index is 12.5. The topological polar surface area (TPSA) is 76.0 Å². The number of carbonyl (C=O) groups is 2. The number of halogens is 1. The number of hydrogen-bond donors (Lipinski definition) is 2. The summed E-state index contributed by atoms with van der Waals surface area (Å²) in [5, 5.41) is 12.0. The number of aryl methyl sites for hydroxylation is 1. The molecule has 1 aromatic carbocycles. The minimum absolute atomic E-state index is 0.0218. The third-order valence-corrected chi connectivity index (χ3v) is 5.67. The zero-order valence-corrected chi connectivity index (χ0v) is 17.5. The number of rotatable bonds is 8. The average molecular weight is 419 g/mol. The van der Waals surface area contributed by atoms with E-state index in [1.807, 2.05) is 48.9 Å². The van der Waals surface area contributed by atoms with Gasteiger partial charge in [0, 0.05) is 29.9 Å². The Morgan fingerprint density at radius 1 is 1.18 bits per heavy atom. The van der Waals surface area contributed by atoms with E-state index in [2.05, 4.69) is 15.7 Å². The van der Waals surface area contributed by atoms with Crippen LogP contribution in [0.5, 0.6) is 0 Å². The van der Waals surface area contributed by atoms with Crippen molar-refractivity contribution in [3.8, 4) is 5.69 Å². The molecule has 0 aliphatic heterocycles. The molecule has 2 aromatic heterocycles. The molecule has 8 heteroatoms. The molecule has 28 heavy (non-hydrogen) atoms. The van der Waals surface area contributed by atoms with E-state index >= 15 is 0 Å². The van der Waals surface area contributed by atoms with Crippen LogP contribution in [-0.2, 0) is 11.2 Å². The third kappa shape index (κ3) is 4.54. The molecule has 2 N–H and O–H groups in total. The number of aromatic nitrogens is 2. The Morgan fingerprint density at radius 2 is 1.96 bits per heavy atom. The van der Waals surface area contributed by atoms with E-state index in [1.165, 1.54) is 11.3 Å². The van der Waals surface area contributed by atoms with Crippen molar-refractivity contribution in [3.63, 3.8) is 0 Å². The number of nitrogens with zero attached hydrogens (tertiary/aromatic N) is 2. The highest BCUT2D eigenvalue weighted by Crippen LogP contribution is 2.31. The summed E-state index contributed by atoms with van der Waals surface area (Å²) in [6, 6.07) is 9.42. The monoisotopic (exact) mass is 418 g/mol. The van der Waals surface area contributed by atoms with E-state index in [0.29, 0.717) is 35.8 Å². The lowest BCUT2D eigenvalue weighted by Crippen LogP contribution is -2.29. The number of amides is 2. The van der Waals surface area contributed by atoms with E-state index in [0.717, 1.165) is 28.0 Å². The smallest absolute Gasteiger partial charge is 0.261 e. The lowest BCUT2D eigenvalue weighted by atomic mass is 10.2. The lowest BCUT2D eigenvalue weighted by Gasteiger charge is -2.05. The predicted molar refractivity (Wildman–Crippen MR) is 114 cm³/mol. The molecular formula is C20H23ClN4O2S. The van der Waals surface area contributed by atoms with Gasteiger partial charge in [0.1, 0.15) is 4.83 Å². The van der Waals surface area contributed by atoms with Crippen LogP contribution >= 0.6 is 22.9 Å². The fraction of sp³-hybridized carbons (Fsp3) is 0.350. The van der Waals surface area contributed by atoms with Crippen molar-refractivity contribution in [1.82, 2.24) is 20.4 Å². The van der Waals surface area contributed by atoms with Gasteiger partial charge in [-0.25, -0.2) is 4.68 Å². The summed E-state index contributed by atoms with van der Waals surface area (Å²) in [5.74, 6) is -0.0868. The molecule has 2 amide bonds. The van der Waals surface area contributed by atoms with E-state index < -0.39 is 0 Å². The molecule has 6 nitrogen and oxygen atoms in total. The molecule has 0 unspecified atom stereocenters. The highest BCUT2D eigenvalue weighted by Gasteiger charge is 2.18. The van der Waals surface area contributed by atoms with Gasteiger partial charge >= 0.3 is 0 Å². The third-order valence-electron chi connectivity index (χ3n) is 4.33. The second-order valence-electron chi connectivity index (χ2n) is 6.33. The molecule has 0 saturated carbocycles. The quantitative estimate of drug-likeness (QED) is 0.544. The Hall–Kier alpha value is -2.38. The van der Waals surface area contributed by atoms with Crippen LogP contribution in [0.25, 0.3) is 15.9 Å². The van der Waals surface area contributed by atoms with Gasteiger partial charge in [-0.15, -0.1) is 11.3 Å². The normalized spacial score (nSPS) is 11.0. The van der Waals surface area contributed by atoms with Crippen molar-refractivity contribution in [2.45, 2.75) is 33.1 Å². The molecule has 0 atom stereocenters. The summed E-state index contributed by atoms with van der Waals surface area (Å²) in [7, 11) is 0. The van der Waals surface area contributed by atoms with E-state index in [4.69, 9.17) is 11.6 Å². The molecule has 0 fully saturated rings. The molecule has 0 bridgehead atoms. The first-order valence-corrected chi connectivity index (χ1v) is 10.5. The Kier molecular flexibility index (Phi) is 6.70. The number of fused-ring (bicyclic) bond motifs is 1. The van der Waals surface area contributed by atoms with Crippen LogP contribution in [0.15, 0.2) is 30.3 Å². The molecule has 0 radical (unpaired) electrons. The highest BCUT2D eigenvalue weighted by atomic mass is 35.5. The van der Waals surface area contributed by atoms with Crippen molar-refractivity contribution < 1.29 is 9.59 Å². The van der Waals surface area contributed by atoms with Crippen LogP contribution in [0, 0.1) is 0 Å². The van der Waals surface area contributed by atoms with Gasteiger partial charge in [-0.1, -0.05) is 31.5 Å². The molecular weight excluding hydrogens is 396 g/mol. The SMILES string of the molecule is CCC(=O)NCCCNC(=O)c1cc2c(CC)nn(-c3cccc(Cl)c3)c2s1. The second-order valence-corrected chi connectivity index (χ2v) is 7.80. The van der Waals surface area contributed by atoms with Gasteiger partial charge in [0.15, 0.2) is 0 Å². The predicted octanol–water partition coefficient (Wildman–Crippen LogP) is 3.95. The lowest BCUT2D eigenvalue weighted by molar-refractivity contribution is -0.120. The fourth-order valence-corrected chi connectivity index (χ4v) is 4.11. The van der Waals surface area contributed by atoms with Crippen molar-refractivity contribution in [1.29, 1.82) is 0 Å². The van der Waals surface area contributed by atoms with Crippen molar-refractivity contribution in [2.24, 2.45) is 0 Å². The molecule has 148 valence electrons. The van der Waals surface area contributed by atoms with E-state index in [1.54, 1.807) is 0 Å². The summed E-state index contributed by atoms with van der Waals surface area (Å²) < 4.78 is 1.85. The summed E-state index contributed by atoms with van der Waals surface area (Å²) in [4.78, 5) is 25.3. The number of carbonyl (C=O) groups excluding carboxylic acids is 2. The van der Waals surface area contributed by atoms with Gasteiger partial charge in [0.2, 0.25) is 5.91 Å². The Labute approximate surface area is 172 Å². The van der Waals surface area contributed by atoms with Gasteiger partial charge in [0.25, 0.3) is 5.91 Å². The fourth-order valence-electron chi connectivity index (χ4n) is 2.85. The van der Waals surface area contributed by atoms with Crippen LogP contribution in [0.4, 0.5) is 0 Å². The minimum atomic E-state index is -0.109. The van der Waals surface area contributed by atoms with Crippen molar-refractivity contribution in [3.05, 3.63) is 45.9 Å². The molecule has 3 aromatic rings. The van der Waals surface area contributed by atoms with Gasteiger partial charge < -0.3 is 10.6 Å². The van der Waals surface area contributed by atoms with Crippen molar-refractivity contribution >= 4 is 45.0 Å². The molecule has 0 spiro atoms. The first kappa shape index (κ1) is 20.4. The second kappa shape index (κ2) is 9.21. The maximum Gasteiger partial charge on any atom is 0.261 e.